The van der Waals surface area contributed by atoms with Gasteiger partial charge in [0, 0.05) is 33.5 Å². The van der Waals surface area contributed by atoms with Gasteiger partial charge in [-0.05, 0) is 43.3 Å². The SMILES string of the molecule is COc1ccc(S[C@@H](C)C(=O)NCCSCc2c(F)cccc2Cl)cc1. The molecule has 0 aliphatic heterocycles. The average molecular weight is 414 g/mol. The van der Waals surface area contributed by atoms with Crippen molar-refractivity contribution in [3.63, 3.8) is 0 Å². The lowest BCUT2D eigenvalue weighted by molar-refractivity contribution is -0.120. The van der Waals surface area contributed by atoms with E-state index in [1.54, 1.807) is 19.2 Å². The molecule has 1 atom stereocenters. The molecule has 0 fully saturated rings. The zero-order chi connectivity index (χ0) is 18.9. The third kappa shape index (κ3) is 6.41. The molecule has 1 N–H and O–H groups in total. The number of carbonyl (C=O) groups is 1. The van der Waals surface area contributed by atoms with Crippen LogP contribution < -0.4 is 10.1 Å². The summed E-state index contributed by atoms with van der Waals surface area (Å²) in [6.07, 6.45) is 0. The van der Waals surface area contributed by atoms with Crippen LogP contribution in [0.3, 0.4) is 0 Å². The van der Waals surface area contributed by atoms with Crippen molar-refractivity contribution >= 4 is 41.0 Å². The number of hydrogen-bond donors (Lipinski definition) is 1. The Labute approximate surface area is 167 Å². The first-order valence-corrected chi connectivity index (χ1v) is 10.5. The van der Waals surface area contributed by atoms with Crippen LogP contribution in [0.25, 0.3) is 0 Å². The summed E-state index contributed by atoms with van der Waals surface area (Å²) in [5.74, 6) is 1.65. The third-order valence-electron chi connectivity index (χ3n) is 3.60. The molecule has 7 heteroatoms. The van der Waals surface area contributed by atoms with Gasteiger partial charge in [0.25, 0.3) is 0 Å². The van der Waals surface area contributed by atoms with Crippen molar-refractivity contribution in [1.82, 2.24) is 5.32 Å². The highest BCUT2D eigenvalue weighted by molar-refractivity contribution is 8.00. The van der Waals surface area contributed by atoms with E-state index in [0.29, 0.717) is 28.6 Å². The topological polar surface area (TPSA) is 38.3 Å². The van der Waals surface area contributed by atoms with Gasteiger partial charge in [0.2, 0.25) is 5.91 Å². The lowest BCUT2D eigenvalue weighted by Crippen LogP contribution is -2.32. The molecule has 0 saturated carbocycles. The zero-order valence-electron chi connectivity index (χ0n) is 14.6. The van der Waals surface area contributed by atoms with Crippen LogP contribution in [0.4, 0.5) is 4.39 Å². The van der Waals surface area contributed by atoms with Crippen LogP contribution in [0.15, 0.2) is 47.4 Å². The Kier molecular flexibility index (Phi) is 8.62. The number of methoxy groups -OCH3 is 1. The predicted molar refractivity (Wildman–Crippen MR) is 109 cm³/mol. The Balaban J connectivity index is 1.69. The number of thioether (sulfide) groups is 2. The normalized spacial score (nSPS) is 11.8. The van der Waals surface area contributed by atoms with Gasteiger partial charge in [0.15, 0.2) is 0 Å². The fourth-order valence-corrected chi connectivity index (χ4v) is 4.24. The van der Waals surface area contributed by atoms with Crippen molar-refractivity contribution in [2.45, 2.75) is 22.8 Å². The largest absolute Gasteiger partial charge is 0.497 e. The Morgan fingerprint density at radius 2 is 2.00 bits per heavy atom. The molecule has 0 saturated heterocycles. The molecule has 0 aliphatic carbocycles. The van der Waals surface area contributed by atoms with Gasteiger partial charge in [-0.25, -0.2) is 4.39 Å². The minimum absolute atomic E-state index is 0.0182. The van der Waals surface area contributed by atoms with E-state index in [2.05, 4.69) is 5.32 Å². The van der Waals surface area contributed by atoms with Crippen molar-refractivity contribution in [2.75, 3.05) is 19.4 Å². The van der Waals surface area contributed by atoms with Gasteiger partial charge < -0.3 is 10.1 Å². The van der Waals surface area contributed by atoms with Gasteiger partial charge in [-0.1, -0.05) is 17.7 Å². The molecule has 26 heavy (non-hydrogen) atoms. The fraction of sp³-hybridized carbons (Fsp3) is 0.316. The van der Waals surface area contributed by atoms with Gasteiger partial charge >= 0.3 is 0 Å². The van der Waals surface area contributed by atoms with Crippen molar-refractivity contribution < 1.29 is 13.9 Å². The quantitative estimate of drug-likeness (QED) is 0.462. The molecule has 0 bridgehead atoms. The van der Waals surface area contributed by atoms with Crippen molar-refractivity contribution in [1.29, 1.82) is 0 Å². The van der Waals surface area contributed by atoms with Crippen LogP contribution in [0.2, 0.25) is 5.02 Å². The van der Waals surface area contributed by atoms with Gasteiger partial charge in [-0.15, -0.1) is 11.8 Å². The van der Waals surface area contributed by atoms with E-state index in [4.69, 9.17) is 16.3 Å². The average Bonchev–Trinajstić information content (AvgIpc) is 2.64. The smallest absolute Gasteiger partial charge is 0.233 e. The summed E-state index contributed by atoms with van der Waals surface area (Å²) < 4.78 is 18.8. The highest BCUT2D eigenvalue weighted by Crippen LogP contribution is 2.26. The maximum absolute atomic E-state index is 13.7. The number of rotatable bonds is 9. The summed E-state index contributed by atoms with van der Waals surface area (Å²) in [5, 5.41) is 3.15. The number of carbonyl (C=O) groups excluding carboxylic acids is 1. The molecular formula is C19H21ClFNO2S2. The van der Waals surface area contributed by atoms with E-state index >= 15 is 0 Å². The number of ether oxygens (including phenoxy) is 1. The molecular weight excluding hydrogens is 393 g/mol. The summed E-state index contributed by atoms with van der Waals surface area (Å²) in [7, 11) is 1.62. The van der Waals surface area contributed by atoms with E-state index in [9.17, 15) is 9.18 Å². The summed E-state index contributed by atoms with van der Waals surface area (Å²) in [5.41, 5.74) is 0.508. The molecule has 2 rings (SSSR count). The van der Waals surface area contributed by atoms with E-state index in [1.165, 1.54) is 29.6 Å². The number of hydrogen-bond acceptors (Lipinski definition) is 4. The van der Waals surface area contributed by atoms with E-state index in [-0.39, 0.29) is 17.0 Å². The lowest BCUT2D eigenvalue weighted by atomic mass is 10.2. The zero-order valence-corrected chi connectivity index (χ0v) is 17.0. The molecule has 1 amide bonds. The second-order valence-corrected chi connectivity index (χ2v) is 8.41. The Morgan fingerprint density at radius 1 is 1.27 bits per heavy atom. The Hall–Kier alpha value is -1.37. The van der Waals surface area contributed by atoms with E-state index in [0.717, 1.165) is 10.6 Å². The minimum Gasteiger partial charge on any atom is -0.497 e. The third-order valence-corrected chi connectivity index (χ3v) is 6.05. The molecule has 0 aromatic heterocycles. The number of amides is 1. The molecule has 0 aliphatic rings. The summed E-state index contributed by atoms with van der Waals surface area (Å²) in [6.45, 7) is 2.40. The maximum Gasteiger partial charge on any atom is 0.233 e. The summed E-state index contributed by atoms with van der Waals surface area (Å²) >= 11 is 9.03. The molecule has 0 radical (unpaired) electrons. The summed E-state index contributed by atoms with van der Waals surface area (Å²) in [6, 6.07) is 12.3. The van der Waals surface area contributed by atoms with Crippen LogP contribution in [-0.2, 0) is 10.5 Å². The predicted octanol–water partition coefficient (Wildman–Crippen LogP) is 5.02. The number of nitrogens with one attached hydrogen (secondary N) is 1. The standard InChI is InChI=1S/C19H21ClFNO2S2/c1-13(26-15-8-6-14(24-2)7-9-15)19(23)22-10-11-25-12-16-17(20)4-3-5-18(16)21/h3-9,13H,10-12H2,1-2H3,(H,22,23)/t13-/m0/s1. The monoisotopic (exact) mass is 413 g/mol. The Morgan fingerprint density at radius 3 is 2.65 bits per heavy atom. The highest BCUT2D eigenvalue weighted by atomic mass is 35.5. The fourth-order valence-electron chi connectivity index (χ4n) is 2.15. The Bertz CT molecular complexity index is 708. The van der Waals surface area contributed by atoms with Crippen molar-refractivity contribution in [3.05, 3.63) is 58.9 Å². The summed E-state index contributed by atoms with van der Waals surface area (Å²) in [4.78, 5) is 13.2. The molecule has 0 unspecified atom stereocenters. The van der Waals surface area contributed by atoms with E-state index in [1.807, 2.05) is 31.2 Å². The van der Waals surface area contributed by atoms with Gasteiger partial charge in [0.05, 0.1) is 12.4 Å². The van der Waals surface area contributed by atoms with Crippen LogP contribution in [0.1, 0.15) is 12.5 Å². The van der Waals surface area contributed by atoms with Gasteiger partial charge in [-0.3, -0.25) is 4.79 Å². The first kappa shape index (κ1) is 20.9. The van der Waals surface area contributed by atoms with Crippen LogP contribution in [0.5, 0.6) is 5.75 Å². The molecule has 3 nitrogen and oxygen atoms in total. The lowest BCUT2D eigenvalue weighted by Gasteiger charge is -2.12. The minimum atomic E-state index is -0.293. The van der Waals surface area contributed by atoms with Crippen LogP contribution >= 0.6 is 35.1 Å². The van der Waals surface area contributed by atoms with Crippen molar-refractivity contribution in [3.8, 4) is 5.75 Å². The van der Waals surface area contributed by atoms with Crippen LogP contribution in [-0.4, -0.2) is 30.6 Å². The first-order valence-electron chi connectivity index (χ1n) is 8.10. The molecule has 2 aromatic carbocycles. The van der Waals surface area contributed by atoms with Crippen LogP contribution in [0, 0.1) is 5.82 Å². The molecule has 2 aromatic rings. The first-order chi connectivity index (χ1) is 12.5. The van der Waals surface area contributed by atoms with Crippen molar-refractivity contribution in [2.24, 2.45) is 0 Å². The maximum atomic E-state index is 13.7. The van der Waals surface area contributed by atoms with Gasteiger partial charge in [-0.2, -0.15) is 11.8 Å². The molecule has 140 valence electrons. The number of benzene rings is 2. The number of halogens is 2. The molecule has 0 heterocycles. The second-order valence-electron chi connectivity index (χ2n) is 5.48. The highest BCUT2D eigenvalue weighted by Gasteiger charge is 2.14. The van der Waals surface area contributed by atoms with E-state index < -0.39 is 0 Å². The second kappa shape index (κ2) is 10.7. The van der Waals surface area contributed by atoms with Gasteiger partial charge in [0.1, 0.15) is 11.6 Å². The molecule has 0 spiro atoms.